The largest absolute Gasteiger partial charge is 0.388 e. The van der Waals surface area contributed by atoms with E-state index in [1.54, 1.807) is 22.7 Å². The number of thiocarbonyl (C=S) groups is 1. The van der Waals surface area contributed by atoms with Gasteiger partial charge in [-0.3, -0.25) is 4.79 Å². The molecule has 0 bridgehead atoms. The van der Waals surface area contributed by atoms with Crippen LogP contribution in [0, 0.1) is 0 Å². The predicted molar refractivity (Wildman–Crippen MR) is 63.6 cm³/mol. The molecule has 5 heteroatoms. The molecule has 2 N–H and O–H groups in total. The van der Waals surface area contributed by atoms with Crippen molar-refractivity contribution in [2.45, 2.75) is 13.5 Å². The zero-order chi connectivity index (χ0) is 11.4. The van der Waals surface area contributed by atoms with E-state index in [0.717, 1.165) is 5.69 Å². The highest BCUT2D eigenvalue weighted by Gasteiger charge is 2.10. The van der Waals surface area contributed by atoms with Gasteiger partial charge < -0.3 is 15.2 Å². The molecule has 82 valence electrons. The van der Waals surface area contributed by atoms with Gasteiger partial charge in [-0.2, -0.15) is 0 Å². The second-order valence-corrected chi connectivity index (χ2v) is 3.73. The second-order valence-electron chi connectivity index (χ2n) is 3.29. The van der Waals surface area contributed by atoms with Gasteiger partial charge in [-0.1, -0.05) is 12.2 Å². The molecule has 0 atom stereocenters. The van der Waals surface area contributed by atoms with Gasteiger partial charge >= 0.3 is 0 Å². The van der Waals surface area contributed by atoms with Crippen molar-refractivity contribution in [1.82, 2.24) is 9.47 Å². The van der Waals surface area contributed by atoms with Crippen LogP contribution in [0.1, 0.15) is 12.6 Å². The van der Waals surface area contributed by atoms with Crippen LogP contribution >= 0.6 is 12.2 Å². The summed E-state index contributed by atoms with van der Waals surface area (Å²) < 4.78 is 1.76. The quantitative estimate of drug-likeness (QED) is 0.763. The standard InChI is InChI=1S/C10H15N3OS/c1-3-12(2)9(14)7-13-6-4-5-8(13)10(11)15/h4-6H,3,7H2,1-2H3,(H2,11,15). The van der Waals surface area contributed by atoms with E-state index >= 15 is 0 Å². The molecular weight excluding hydrogens is 210 g/mol. The Hall–Kier alpha value is -1.36. The SMILES string of the molecule is CCN(C)C(=O)Cn1cccc1C(N)=S. The van der Waals surface area contributed by atoms with Crippen LogP contribution in [-0.2, 0) is 11.3 Å². The van der Waals surface area contributed by atoms with Gasteiger partial charge in [0.2, 0.25) is 5.91 Å². The molecule has 0 saturated heterocycles. The van der Waals surface area contributed by atoms with Crippen molar-refractivity contribution in [3.8, 4) is 0 Å². The van der Waals surface area contributed by atoms with Crippen molar-refractivity contribution in [3.05, 3.63) is 24.0 Å². The lowest BCUT2D eigenvalue weighted by Gasteiger charge is -2.15. The molecule has 0 aromatic carbocycles. The lowest BCUT2D eigenvalue weighted by molar-refractivity contribution is -0.130. The van der Waals surface area contributed by atoms with Crippen molar-refractivity contribution in [2.24, 2.45) is 5.73 Å². The first-order valence-corrected chi connectivity index (χ1v) is 5.16. The van der Waals surface area contributed by atoms with Crippen LogP contribution in [0.3, 0.4) is 0 Å². The Balaban J connectivity index is 2.76. The Labute approximate surface area is 94.7 Å². The lowest BCUT2D eigenvalue weighted by atomic mass is 10.4. The average molecular weight is 225 g/mol. The third-order valence-electron chi connectivity index (χ3n) is 2.29. The van der Waals surface area contributed by atoms with E-state index in [-0.39, 0.29) is 12.5 Å². The maximum Gasteiger partial charge on any atom is 0.242 e. The zero-order valence-electron chi connectivity index (χ0n) is 8.93. The molecule has 0 radical (unpaired) electrons. The third-order valence-corrected chi connectivity index (χ3v) is 2.50. The van der Waals surface area contributed by atoms with Gasteiger partial charge in [0.05, 0.1) is 5.69 Å². The summed E-state index contributed by atoms with van der Waals surface area (Å²) in [6.45, 7) is 2.91. The molecule has 0 saturated carbocycles. The minimum atomic E-state index is 0.0474. The average Bonchev–Trinajstić information content (AvgIpc) is 2.64. The maximum atomic E-state index is 11.6. The van der Waals surface area contributed by atoms with Crippen molar-refractivity contribution < 1.29 is 4.79 Å². The first kappa shape index (κ1) is 11.7. The van der Waals surface area contributed by atoms with Crippen LogP contribution in [-0.4, -0.2) is 34.0 Å². The summed E-state index contributed by atoms with van der Waals surface area (Å²) in [4.78, 5) is 13.6. The molecule has 0 aliphatic heterocycles. The van der Waals surface area contributed by atoms with Crippen molar-refractivity contribution in [2.75, 3.05) is 13.6 Å². The van der Waals surface area contributed by atoms with Gasteiger partial charge in [-0.05, 0) is 19.1 Å². The molecule has 1 heterocycles. The Morgan fingerprint density at radius 3 is 2.87 bits per heavy atom. The summed E-state index contributed by atoms with van der Waals surface area (Å²) in [5.74, 6) is 0.0474. The first-order chi connectivity index (χ1) is 7.06. The number of nitrogens with two attached hydrogens (primary N) is 1. The van der Waals surface area contributed by atoms with E-state index in [1.807, 2.05) is 19.1 Å². The summed E-state index contributed by atoms with van der Waals surface area (Å²) >= 11 is 4.88. The van der Waals surface area contributed by atoms with Crippen LogP contribution < -0.4 is 5.73 Å². The van der Waals surface area contributed by atoms with Gasteiger partial charge in [0, 0.05) is 19.8 Å². The molecule has 1 rings (SSSR count). The minimum Gasteiger partial charge on any atom is -0.388 e. The third kappa shape index (κ3) is 2.79. The van der Waals surface area contributed by atoms with Crippen LogP contribution in [0.5, 0.6) is 0 Å². The van der Waals surface area contributed by atoms with Crippen molar-refractivity contribution in [1.29, 1.82) is 0 Å². The molecule has 0 spiro atoms. The van der Waals surface area contributed by atoms with Gasteiger partial charge in [0.25, 0.3) is 0 Å². The summed E-state index contributed by atoms with van der Waals surface area (Å²) in [6, 6.07) is 3.63. The maximum absolute atomic E-state index is 11.6. The molecule has 1 aromatic rings. The Morgan fingerprint density at radius 2 is 2.33 bits per heavy atom. The molecule has 0 aliphatic carbocycles. The number of hydrogen-bond donors (Lipinski definition) is 1. The highest BCUT2D eigenvalue weighted by molar-refractivity contribution is 7.80. The van der Waals surface area contributed by atoms with E-state index in [9.17, 15) is 4.79 Å². The number of likely N-dealkylation sites (N-methyl/N-ethyl adjacent to an activating group) is 1. The lowest BCUT2D eigenvalue weighted by Crippen LogP contribution is -2.31. The molecule has 0 aliphatic rings. The monoisotopic (exact) mass is 225 g/mol. The Kier molecular flexibility index (Phi) is 3.85. The number of rotatable bonds is 4. The van der Waals surface area contributed by atoms with Crippen LogP contribution in [0.2, 0.25) is 0 Å². The summed E-state index contributed by atoms with van der Waals surface area (Å²) in [5.41, 5.74) is 6.25. The minimum absolute atomic E-state index is 0.0474. The fraction of sp³-hybridized carbons (Fsp3) is 0.400. The predicted octanol–water partition coefficient (Wildman–Crippen LogP) is 0.601. The van der Waals surface area contributed by atoms with Gasteiger partial charge in [0.1, 0.15) is 11.5 Å². The van der Waals surface area contributed by atoms with E-state index in [4.69, 9.17) is 18.0 Å². The zero-order valence-corrected chi connectivity index (χ0v) is 9.75. The van der Waals surface area contributed by atoms with E-state index in [2.05, 4.69) is 0 Å². The molecule has 1 amide bonds. The molecule has 0 fully saturated rings. The second kappa shape index (κ2) is 4.93. The summed E-state index contributed by atoms with van der Waals surface area (Å²) in [5, 5.41) is 0. The summed E-state index contributed by atoms with van der Waals surface area (Å²) in [7, 11) is 1.77. The number of amides is 1. The van der Waals surface area contributed by atoms with Crippen molar-refractivity contribution in [3.63, 3.8) is 0 Å². The van der Waals surface area contributed by atoms with Gasteiger partial charge in [0.15, 0.2) is 0 Å². The van der Waals surface area contributed by atoms with Gasteiger partial charge in [-0.15, -0.1) is 0 Å². The van der Waals surface area contributed by atoms with Crippen LogP contribution in [0.4, 0.5) is 0 Å². The molecule has 1 aromatic heterocycles. The molecular formula is C10H15N3OS. The highest BCUT2D eigenvalue weighted by atomic mass is 32.1. The molecule has 4 nitrogen and oxygen atoms in total. The number of carbonyl (C=O) groups excluding carboxylic acids is 1. The topological polar surface area (TPSA) is 51.3 Å². The first-order valence-electron chi connectivity index (χ1n) is 4.75. The Morgan fingerprint density at radius 1 is 1.67 bits per heavy atom. The smallest absolute Gasteiger partial charge is 0.242 e. The fourth-order valence-corrected chi connectivity index (χ4v) is 1.40. The van der Waals surface area contributed by atoms with E-state index in [1.165, 1.54) is 0 Å². The normalized spacial score (nSPS) is 10.0. The number of aromatic nitrogens is 1. The number of hydrogen-bond acceptors (Lipinski definition) is 2. The number of carbonyl (C=O) groups is 1. The van der Waals surface area contributed by atoms with Crippen LogP contribution in [0.15, 0.2) is 18.3 Å². The van der Waals surface area contributed by atoms with E-state index in [0.29, 0.717) is 11.5 Å². The molecule has 15 heavy (non-hydrogen) atoms. The van der Waals surface area contributed by atoms with E-state index < -0.39 is 0 Å². The van der Waals surface area contributed by atoms with Gasteiger partial charge in [-0.25, -0.2) is 0 Å². The number of nitrogens with zero attached hydrogens (tertiary/aromatic N) is 2. The highest BCUT2D eigenvalue weighted by Crippen LogP contribution is 2.03. The molecule has 0 unspecified atom stereocenters. The Bertz CT molecular complexity index is 372. The summed E-state index contributed by atoms with van der Waals surface area (Å²) in [6.07, 6.45) is 1.80. The fourth-order valence-electron chi connectivity index (χ4n) is 1.22. The van der Waals surface area contributed by atoms with Crippen LogP contribution in [0.25, 0.3) is 0 Å². The van der Waals surface area contributed by atoms with Crippen molar-refractivity contribution >= 4 is 23.1 Å².